The zero-order valence-electron chi connectivity index (χ0n) is 13.7. The van der Waals surface area contributed by atoms with Crippen molar-refractivity contribution >= 4 is 29.0 Å². The number of nitrogens with one attached hydrogen (secondary N) is 2. The van der Waals surface area contributed by atoms with Crippen molar-refractivity contribution in [2.45, 2.75) is 13.5 Å². The first-order valence-electron chi connectivity index (χ1n) is 7.81. The van der Waals surface area contributed by atoms with Crippen LogP contribution in [0.5, 0.6) is 0 Å². The smallest absolute Gasteiger partial charge is 0.276 e. The Bertz CT molecular complexity index is 881. The van der Waals surface area contributed by atoms with E-state index in [1.165, 1.54) is 0 Å². The maximum atomic E-state index is 12.2. The highest BCUT2D eigenvalue weighted by Crippen LogP contribution is 2.16. The van der Waals surface area contributed by atoms with E-state index in [0.29, 0.717) is 17.4 Å². The molecule has 0 saturated heterocycles. The maximum absolute atomic E-state index is 12.2. The molecule has 5 nitrogen and oxygen atoms in total. The lowest BCUT2D eigenvalue weighted by atomic mass is 10.2. The Labute approximate surface area is 151 Å². The van der Waals surface area contributed by atoms with Crippen LogP contribution in [0.2, 0.25) is 5.02 Å². The quantitative estimate of drug-likeness (QED) is 0.718. The van der Waals surface area contributed by atoms with Gasteiger partial charge in [-0.1, -0.05) is 41.9 Å². The Morgan fingerprint density at radius 3 is 2.60 bits per heavy atom. The van der Waals surface area contributed by atoms with Crippen molar-refractivity contribution < 1.29 is 4.79 Å². The van der Waals surface area contributed by atoms with E-state index in [-0.39, 0.29) is 11.6 Å². The summed E-state index contributed by atoms with van der Waals surface area (Å²) in [5.41, 5.74) is 3.02. The SMILES string of the molecule is Cc1cccc(NC(=O)c2ccc(NCc3ccccc3Cl)nn2)c1. The third-order valence-corrected chi connectivity index (χ3v) is 3.96. The monoisotopic (exact) mass is 352 g/mol. The van der Waals surface area contributed by atoms with E-state index in [1.807, 2.05) is 55.5 Å². The summed E-state index contributed by atoms with van der Waals surface area (Å²) in [6.45, 7) is 2.50. The number of aryl methyl sites for hydroxylation is 1. The van der Waals surface area contributed by atoms with Gasteiger partial charge < -0.3 is 10.6 Å². The lowest BCUT2D eigenvalue weighted by Gasteiger charge is -2.08. The first-order valence-corrected chi connectivity index (χ1v) is 8.18. The van der Waals surface area contributed by atoms with Gasteiger partial charge in [0.25, 0.3) is 5.91 Å². The lowest BCUT2D eigenvalue weighted by molar-refractivity contribution is 0.102. The van der Waals surface area contributed by atoms with Crippen LogP contribution >= 0.6 is 11.6 Å². The number of amides is 1. The number of hydrogen-bond acceptors (Lipinski definition) is 4. The largest absolute Gasteiger partial charge is 0.364 e. The third-order valence-electron chi connectivity index (χ3n) is 3.59. The van der Waals surface area contributed by atoms with Gasteiger partial charge in [-0.05, 0) is 48.4 Å². The number of rotatable bonds is 5. The number of carbonyl (C=O) groups excluding carboxylic acids is 1. The molecule has 2 N–H and O–H groups in total. The van der Waals surface area contributed by atoms with Gasteiger partial charge in [-0.25, -0.2) is 0 Å². The van der Waals surface area contributed by atoms with Crippen molar-refractivity contribution in [3.05, 3.63) is 82.5 Å². The highest BCUT2D eigenvalue weighted by Gasteiger charge is 2.09. The molecule has 0 atom stereocenters. The van der Waals surface area contributed by atoms with Crippen molar-refractivity contribution in [1.82, 2.24) is 10.2 Å². The Balaban J connectivity index is 1.61. The van der Waals surface area contributed by atoms with Gasteiger partial charge in [0.2, 0.25) is 0 Å². The van der Waals surface area contributed by atoms with Crippen LogP contribution in [-0.4, -0.2) is 16.1 Å². The Hall–Kier alpha value is -2.92. The zero-order chi connectivity index (χ0) is 17.6. The van der Waals surface area contributed by atoms with Crippen molar-refractivity contribution in [2.24, 2.45) is 0 Å². The van der Waals surface area contributed by atoms with Crippen LogP contribution in [0.3, 0.4) is 0 Å². The zero-order valence-corrected chi connectivity index (χ0v) is 14.4. The molecule has 0 fully saturated rings. The third kappa shape index (κ3) is 4.55. The molecular formula is C19H17ClN4O. The highest BCUT2D eigenvalue weighted by atomic mass is 35.5. The molecule has 0 aliphatic rings. The molecule has 0 spiro atoms. The molecule has 25 heavy (non-hydrogen) atoms. The number of benzene rings is 2. The average Bonchev–Trinajstić information content (AvgIpc) is 2.61. The molecule has 0 bridgehead atoms. The van der Waals surface area contributed by atoms with Crippen LogP contribution in [0.1, 0.15) is 21.6 Å². The van der Waals surface area contributed by atoms with Crippen LogP contribution in [0.25, 0.3) is 0 Å². The van der Waals surface area contributed by atoms with Gasteiger partial charge in [-0.15, -0.1) is 10.2 Å². The number of halogens is 1. The molecule has 0 radical (unpaired) electrons. The summed E-state index contributed by atoms with van der Waals surface area (Å²) in [5, 5.41) is 14.6. The van der Waals surface area contributed by atoms with E-state index in [9.17, 15) is 4.79 Å². The second-order valence-electron chi connectivity index (χ2n) is 5.57. The molecule has 6 heteroatoms. The van der Waals surface area contributed by atoms with Gasteiger partial charge in [0.05, 0.1) is 0 Å². The molecule has 1 heterocycles. The van der Waals surface area contributed by atoms with Crippen molar-refractivity contribution in [2.75, 3.05) is 10.6 Å². The number of aromatic nitrogens is 2. The summed E-state index contributed by atoms with van der Waals surface area (Å²) in [7, 11) is 0. The summed E-state index contributed by atoms with van der Waals surface area (Å²) in [5.74, 6) is 0.280. The topological polar surface area (TPSA) is 66.9 Å². The minimum Gasteiger partial charge on any atom is -0.364 e. The predicted molar refractivity (Wildman–Crippen MR) is 99.9 cm³/mol. The van der Waals surface area contributed by atoms with E-state index in [0.717, 1.165) is 16.8 Å². The Kier molecular flexibility index (Phi) is 5.26. The van der Waals surface area contributed by atoms with E-state index in [1.54, 1.807) is 12.1 Å². The van der Waals surface area contributed by atoms with E-state index >= 15 is 0 Å². The standard InChI is InChI=1S/C19H17ClN4O/c1-13-5-4-7-15(11-13)22-19(25)17-9-10-18(24-23-17)21-12-14-6-2-3-8-16(14)20/h2-11H,12H2,1H3,(H,21,24)(H,22,25). The summed E-state index contributed by atoms with van der Waals surface area (Å²) in [6, 6.07) is 18.5. The van der Waals surface area contributed by atoms with Gasteiger partial charge in [0.1, 0.15) is 5.82 Å². The minimum atomic E-state index is -0.296. The van der Waals surface area contributed by atoms with Gasteiger partial charge in [-0.3, -0.25) is 4.79 Å². The van der Waals surface area contributed by atoms with E-state index in [4.69, 9.17) is 11.6 Å². The molecule has 0 unspecified atom stereocenters. The molecule has 0 aliphatic heterocycles. The summed E-state index contributed by atoms with van der Waals surface area (Å²) in [4.78, 5) is 12.2. The number of carbonyl (C=O) groups is 1. The fourth-order valence-electron chi connectivity index (χ4n) is 2.29. The highest BCUT2D eigenvalue weighted by molar-refractivity contribution is 6.31. The van der Waals surface area contributed by atoms with Crippen LogP contribution in [-0.2, 0) is 6.54 Å². The molecule has 1 amide bonds. The molecular weight excluding hydrogens is 336 g/mol. The normalized spacial score (nSPS) is 10.3. The van der Waals surface area contributed by atoms with Crippen molar-refractivity contribution in [3.8, 4) is 0 Å². The molecule has 0 aliphatic carbocycles. The van der Waals surface area contributed by atoms with Crippen LogP contribution < -0.4 is 10.6 Å². The average molecular weight is 353 g/mol. The summed E-state index contributed by atoms with van der Waals surface area (Å²) in [6.07, 6.45) is 0. The van der Waals surface area contributed by atoms with E-state index in [2.05, 4.69) is 20.8 Å². The molecule has 3 aromatic rings. The first kappa shape index (κ1) is 16.9. The second-order valence-corrected chi connectivity index (χ2v) is 5.98. The van der Waals surface area contributed by atoms with Gasteiger partial charge >= 0.3 is 0 Å². The Morgan fingerprint density at radius 2 is 1.88 bits per heavy atom. The molecule has 3 rings (SSSR count). The van der Waals surface area contributed by atoms with Gasteiger partial charge in [0.15, 0.2) is 5.69 Å². The summed E-state index contributed by atoms with van der Waals surface area (Å²) < 4.78 is 0. The van der Waals surface area contributed by atoms with Gasteiger partial charge in [0, 0.05) is 17.3 Å². The van der Waals surface area contributed by atoms with Crippen LogP contribution in [0, 0.1) is 6.92 Å². The Morgan fingerprint density at radius 1 is 1.04 bits per heavy atom. The molecule has 126 valence electrons. The fraction of sp³-hybridized carbons (Fsp3) is 0.105. The maximum Gasteiger partial charge on any atom is 0.276 e. The predicted octanol–water partition coefficient (Wildman–Crippen LogP) is 4.30. The number of nitrogens with zero attached hydrogens (tertiary/aromatic N) is 2. The van der Waals surface area contributed by atoms with E-state index < -0.39 is 0 Å². The van der Waals surface area contributed by atoms with Crippen LogP contribution in [0.15, 0.2) is 60.7 Å². The second kappa shape index (κ2) is 7.77. The summed E-state index contributed by atoms with van der Waals surface area (Å²) >= 11 is 6.12. The van der Waals surface area contributed by atoms with Crippen molar-refractivity contribution in [3.63, 3.8) is 0 Å². The fourth-order valence-corrected chi connectivity index (χ4v) is 2.50. The molecule has 1 aromatic heterocycles. The number of anilines is 2. The first-order chi connectivity index (χ1) is 12.1. The molecule has 2 aromatic carbocycles. The van der Waals surface area contributed by atoms with Gasteiger partial charge in [-0.2, -0.15) is 0 Å². The number of hydrogen-bond donors (Lipinski definition) is 2. The molecule has 0 saturated carbocycles. The minimum absolute atomic E-state index is 0.254. The van der Waals surface area contributed by atoms with Crippen LogP contribution in [0.4, 0.5) is 11.5 Å². The lowest BCUT2D eigenvalue weighted by Crippen LogP contribution is -2.15. The van der Waals surface area contributed by atoms with Crippen molar-refractivity contribution in [1.29, 1.82) is 0 Å².